The fraction of sp³-hybridized carbons (Fsp3) is 0.750. The molecule has 0 saturated heterocycles. The van der Waals surface area contributed by atoms with Gasteiger partial charge in [0.25, 0.3) is 10.0 Å². The predicted molar refractivity (Wildman–Crippen MR) is 83.5 cm³/mol. The molecule has 6 nitrogen and oxygen atoms in total. The molecule has 0 aliphatic carbocycles. The molecule has 1 aromatic heterocycles. The van der Waals surface area contributed by atoms with Crippen LogP contribution in [0.1, 0.15) is 32.4 Å². The Bertz CT molecular complexity index is 526. The summed E-state index contributed by atoms with van der Waals surface area (Å²) < 4.78 is 26.9. The lowest BCUT2D eigenvalue weighted by molar-refractivity contribution is 0.268. The number of hydrogen-bond donors (Lipinski definition) is 2. The van der Waals surface area contributed by atoms with E-state index in [1.54, 1.807) is 6.92 Å². The van der Waals surface area contributed by atoms with Crippen LogP contribution >= 0.6 is 11.3 Å². The lowest BCUT2D eigenvalue weighted by Crippen LogP contribution is -2.29. The number of aromatic nitrogens is 1. The number of hydrogen-bond acceptors (Lipinski definition) is 6. The zero-order valence-electron chi connectivity index (χ0n) is 12.5. The van der Waals surface area contributed by atoms with E-state index in [1.165, 1.54) is 0 Å². The van der Waals surface area contributed by atoms with Crippen molar-refractivity contribution in [3.63, 3.8) is 0 Å². The summed E-state index contributed by atoms with van der Waals surface area (Å²) in [7, 11) is -1.41. The van der Waals surface area contributed by atoms with Gasteiger partial charge in [-0.15, -0.1) is 0 Å². The molecule has 0 unspecified atom stereocenters. The molecule has 0 bridgehead atoms. The minimum Gasteiger partial charge on any atom is -0.375 e. The number of aryl methyl sites for hydroxylation is 1. The molecule has 0 fully saturated rings. The fourth-order valence-electron chi connectivity index (χ4n) is 1.67. The summed E-state index contributed by atoms with van der Waals surface area (Å²) in [5.41, 5.74) is 5.98. The van der Waals surface area contributed by atoms with E-state index < -0.39 is 10.0 Å². The average molecular weight is 320 g/mol. The molecule has 8 heteroatoms. The molecule has 1 rings (SSSR count). The van der Waals surface area contributed by atoms with E-state index in [4.69, 9.17) is 5.73 Å². The van der Waals surface area contributed by atoms with Gasteiger partial charge in [-0.05, 0) is 47.2 Å². The van der Waals surface area contributed by atoms with Crippen molar-refractivity contribution in [1.29, 1.82) is 0 Å². The summed E-state index contributed by atoms with van der Waals surface area (Å²) in [5, 5.41) is 0.279. The van der Waals surface area contributed by atoms with E-state index in [1.807, 2.05) is 0 Å². The van der Waals surface area contributed by atoms with E-state index in [0.29, 0.717) is 18.3 Å². The Morgan fingerprint density at radius 3 is 2.55 bits per heavy atom. The molecule has 0 saturated carbocycles. The highest BCUT2D eigenvalue weighted by molar-refractivity contribution is 7.91. The van der Waals surface area contributed by atoms with Gasteiger partial charge in [-0.3, -0.25) is 0 Å². The van der Waals surface area contributed by atoms with Gasteiger partial charge in [0.15, 0.2) is 9.34 Å². The van der Waals surface area contributed by atoms with Crippen LogP contribution in [0, 0.1) is 6.92 Å². The van der Waals surface area contributed by atoms with Gasteiger partial charge in [-0.25, -0.2) is 18.1 Å². The Balaban J connectivity index is 2.40. The molecule has 0 aromatic carbocycles. The van der Waals surface area contributed by atoms with E-state index in [9.17, 15) is 8.42 Å². The summed E-state index contributed by atoms with van der Waals surface area (Å²) in [6.07, 6.45) is 1.77. The number of nitrogens with two attached hydrogens (primary N) is 1. The molecule has 20 heavy (non-hydrogen) atoms. The number of thiazole rings is 1. The van der Waals surface area contributed by atoms with Crippen LogP contribution in [0.4, 0.5) is 5.13 Å². The van der Waals surface area contributed by atoms with Gasteiger partial charge in [-0.1, -0.05) is 11.3 Å². The Morgan fingerprint density at radius 1 is 1.40 bits per heavy atom. The maximum absolute atomic E-state index is 12.1. The Hall–Kier alpha value is -0.700. The molecule has 0 aliphatic rings. The van der Waals surface area contributed by atoms with Crippen LogP contribution in [0.3, 0.4) is 0 Å². The zero-order chi connectivity index (χ0) is 15.3. The van der Waals surface area contributed by atoms with Gasteiger partial charge in [-0.2, -0.15) is 0 Å². The van der Waals surface area contributed by atoms with Crippen LogP contribution in [0.2, 0.25) is 0 Å². The summed E-state index contributed by atoms with van der Waals surface area (Å²) in [6.45, 7) is 7.33. The van der Waals surface area contributed by atoms with Crippen LogP contribution in [0.25, 0.3) is 0 Å². The Morgan fingerprint density at radius 2 is 2.05 bits per heavy atom. The van der Waals surface area contributed by atoms with Crippen molar-refractivity contribution in [2.24, 2.45) is 0 Å². The summed E-state index contributed by atoms with van der Waals surface area (Å²) in [6, 6.07) is 0.509. The molecule has 0 radical (unpaired) electrons. The van der Waals surface area contributed by atoms with E-state index in [2.05, 4.69) is 35.5 Å². The molecule has 1 aromatic rings. The van der Waals surface area contributed by atoms with E-state index in [-0.39, 0.29) is 9.34 Å². The minimum absolute atomic E-state index is 0.217. The third-order valence-electron chi connectivity index (χ3n) is 3.13. The quantitative estimate of drug-likeness (QED) is 0.708. The first-order valence-electron chi connectivity index (χ1n) is 6.67. The van der Waals surface area contributed by atoms with E-state index in [0.717, 1.165) is 30.7 Å². The third kappa shape index (κ3) is 5.01. The Kier molecular flexibility index (Phi) is 6.38. The zero-order valence-corrected chi connectivity index (χ0v) is 14.1. The lowest BCUT2D eigenvalue weighted by atomic mass is 10.2. The first kappa shape index (κ1) is 17.4. The molecule has 0 spiro atoms. The van der Waals surface area contributed by atoms with Crippen molar-refractivity contribution >= 4 is 26.5 Å². The van der Waals surface area contributed by atoms with Crippen LogP contribution < -0.4 is 10.5 Å². The van der Waals surface area contributed by atoms with Crippen molar-refractivity contribution in [2.45, 2.75) is 43.9 Å². The average Bonchev–Trinajstić information content (AvgIpc) is 2.68. The SMILES string of the molecule is Cc1nc(N)sc1S(=O)(=O)NCCCCN(C)C(C)C. The highest BCUT2D eigenvalue weighted by Crippen LogP contribution is 2.24. The second-order valence-electron chi connectivity index (χ2n) is 5.10. The first-order chi connectivity index (χ1) is 9.24. The largest absolute Gasteiger partial charge is 0.375 e. The van der Waals surface area contributed by atoms with Crippen molar-refractivity contribution in [1.82, 2.24) is 14.6 Å². The third-order valence-corrected chi connectivity index (χ3v) is 6.18. The number of unbranched alkanes of at least 4 members (excludes halogenated alkanes) is 1. The van der Waals surface area contributed by atoms with Gasteiger partial charge in [0.05, 0.1) is 5.69 Å². The highest BCUT2D eigenvalue weighted by Gasteiger charge is 2.20. The fourth-order valence-corrected chi connectivity index (χ4v) is 4.08. The molecular formula is C12H24N4O2S2. The standard InChI is InChI=1S/C12H24N4O2S2/c1-9(2)16(4)8-6-5-7-14-20(17,18)11-10(3)15-12(13)19-11/h9,14H,5-8H2,1-4H3,(H2,13,15). The lowest BCUT2D eigenvalue weighted by Gasteiger charge is -2.20. The maximum atomic E-state index is 12.1. The number of sulfonamides is 1. The van der Waals surface area contributed by atoms with E-state index >= 15 is 0 Å². The summed E-state index contributed by atoms with van der Waals surface area (Å²) in [5.74, 6) is 0. The minimum atomic E-state index is -3.47. The van der Waals surface area contributed by atoms with Crippen molar-refractivity contribution in [3.8, 4) is 0 Å². The highest BCUT2D eigenvalue weighted by atomic mass is 32.2. The number of nitrogens with zero attached hydrogens (tertiary/aromatic N) is 2. The second kappa shape index (κ2) is 7.35. The van der Waals surface area contributed by atoms with Gasteiger partial charge in [0, 0.05) is 12.6 Å². The molecular weight excluding hydrogens is 296 g/mol. The normalized spacial score (nSPS) is 12.5. The molecule has 3 N–H and O–H groups in total. The van der Waals surface area contributed by atoms with Crippen LogP contribution in [-0.4, -0.2) is 44.5 Å². The van der Waals surface area contributed by atoms with Gasteiger partial charge >= 0.3 is 0 Å². The van der Waals surface area contributed by atoms with Gasteiger partial charge in [0.2, 0.25) is 0 Å². The van der Waals surface area contributed by atoms with Gasteiger partial charge < -0.3 is 10.6 Å². The maximum Gasteiger partial charge on any atom is 0.252 e. The smallest absolute Gasteiger partial charge is 0.252 e. The molecule has 1 heterocycles. The molecule has 0 amide bonds. The topological polar surface area (TPSA) is 88.3 Å². The number of rotatable bonds is 8. The molecule has 0 atom stereocenters. The van der Waals surface area contributed by atoms with Crippen LogP contribution in [0.5, 0.6) is 0 Å². The first-order valence-corrected chi connectivity index (χ1v) is 8.97. The Labute approximate surface area is 125 Å². The van der Waals surface area contributed by atoms with Crippen LogP contribution in [0.15, 0.2) is 4.21 Å². The molecule has 0 aliphatic heterocycles. The van der Waals surface area contributed by atoms with Crippen LogP contribution in [-0.2, 0) is 10.0 Å². The summed E-state index contributed by atoms with van der Waals surface area (Å²) >= 11 is 1.00. The van der Waals surface area contributed by atoms with Gasteiger partial charge in [0.1, 0.15) is 0 Å². The van der Waals surface area contributed by atoms with Crippen molar-refractivity contribution in [2.75, 3.05) is 25.9 Å². The van der Waals surface area contributed by atoms with Crippen molar-refractivity contribution < 1.29 is 8.42 Å². The predicted octanol–water partition coefficient (Wildman–Crippen LogP) is 1.43. The number of nitrogen functional groups attached to an aromatic ring is 1. The second-order valence-corrected chi connectivity index (χ2v) is 8.10. The molecule has 116 valence electrons. The summed E-state index contributed by atoms with van der Waals surface area (Å²) in [4.78, 5) is 6.17. The van der Waals surface area contributed by atoms with Crippen molar-refractivity contribution in [3.05, 3.63) is 5.69 Å². The number of anilines is 1. The number of nitrogens with one attached hydrogen (secondary N) is 1. The monoisotopic (exact) mass is 320 g/mol.